The third-order valence-electron chi connectivity index (χ3n) is 4.39. The van der Waals surface area contributed by atoms with E-state index in [9.17, 15) is 4.79 Å². The Hall–Kier alpha value is -1.83. The van der Waals surface area contributed by atoms with E-state index in [4.69, 9.17) is 0 Å². The van der Waals surface area contributed by atoms with Gasteiger partial charge in [-0.25, -0.2) is 0 Å². The standard InChI is InChI=1S/C16H15NO/c1-10-2-3-11-4-5-14(7-12(11)6-10)17-15(18)16-8-13(16)9-16/h2-7,13H,8-9H2,1H3,(H,17,18). The van der Waals surface area contributed by atoms with Crippen molar-refractivity contribution in [1.29, 1.82) is 0 Å². The third kappa shape index (κ3) is 1.38. The first-order valence-corrected chi connectivity index (χ1v) is 6.49. The Morgan fingerprint density at radius 1 is 1.17 bits per heavy atom. The van der Waals surface area contributed by atoms with Crippen molar-refractivity contribution in [2.24, 2.45) is 11.3 Å². The number of hydrogen-bond acceptors (Lipinski definition) is 1. The molecule has 2 nitrogen and oxygen atoms in total. The first-order chi connectivity index (χ1) is 8.67. The molecule has 2 aliphatic rings. The molecule has 0 unspecified atom stereocenters. The number of carbonyl (C=O) groups is 1. The van der Waals surface area contributed by atoms with Crippen LogP contribution in [0.3, 0.4) is 0 Å². The number of anilines is 1. The van der Waals surface area contributed by atoms with Crippen LogP contribution in [0.25, 0.3) is 10.8 Å². The van der Waals surface area contributed by atoms with Gasteiger partial charge in [-0.15, -0.1) is 0 Å². The Labute approximate surface area is 106 Å². The molecular formula is C16H15NO. The molecule has 0 radical (unpaired) electrons. The third-order valence-corrected chi connectivity index (χ3v) is 4.39. The zero-order valence-corrected chi connectivity index (χ0v) is 10.4. The minimum absolute atomic E-state index is 0.0432. The average molecular weight is 237 g/mol. The molecule has 0 spiro atoms. The van der Waals surface area contributed by atoms with E-state index in [1.165, 1.54) is 16.3 Å². The maximum atomic E-state index is 12.0. The molecule has 2 fully saturated rings. The van der Waals surface area contributed by atoms with Gasteiger partial charge in [-0.1, -0.05) is 29.8 Å². The van der Waals surface area contributed by atoms with Crippen LogP contribution in [0.5, 0.6) is 0 Å². The molecule has 4 rings (SSSR count). The molecule has 90 valence electrons. The van der Waals surface area contributed by atoms with Crippen molar-refractivity contribution in [2.75, 3.05) is 5.32 Å². The summed E-state index contributed by atoms with van der Waals surface area (Å²) in [5.41, 5.74) is 2.21. The molecule has 0 aliphatic heterocycles. The van der Waals surface area contributed by atoms with Crippen LogP contribution in [0.1, 0.15) is 18.4 Å². The molecule has 0 atom stereocenters. The van der Waals surface area contributed by atoms with Crippen LogP contribution in [0.15, 0.2) is 36.4 Å². The smallest absolute Gasteiger partial charge is 0.230 e. The largest absolute Gasteiger partial charge is 0.326 e. The van der Waals surface area contributed by atoms with E-state index in [0.29, 0.717) is 5.92 Å². The lowest BCUT2D eigenvalue weighted by Gasteiger charge is -2.08. The van der Waals surface area contributed by atoms with Crippen LogP contribution in [-0.4, -0.2) is 5.91 Å². The highest BCUT2D eigenvalue weighted by molar-refractivity contribution is 6.01. The first-order valence-electron chi connectivity index (χ1n) is 6.49. The quantitative estimate of drug-likeness (QED) is 0.851. The molecule has 0 aromatic heterocycles. The molecule has 1 N–H and O–H groups in total. The summed E-state index contributed by atoms with van der Waals surface area (Å²) in [5, 5.41) is 5.46. The van der Waals surface area contributed by atoms with Gasteiger partial charge in [-0.05, 0) is 48.6 Å². The Bertz CT molecular complexity index is 668. The maximum Gasteiger partial charge on any atom is 0.230 e. The maximum absolute atomic E-state index is 12.0. The van der Waals surface area contributed by atoms with Crippen LogP contribution in [0.2, 0.25) is 0 Å². The molecule has 2 aromatic rings. The highest BCUT2D eigenvalue weighted by Gasteiger charge is 2.74. The van der Waals surface area contributed by atoms with Crippen LogP contribution < -0.4 is 5.32 Å². The van der Waals surface area contributed by atoms with Crippen LogP contribution in [0, 0.1) is 18.3 Å². The second-order valence-electron chi connectivity index (χ2n) is 5.78. The SMILES string of the molecule is Cc1ccc2ccc(NC(=O)C34CC3C4)cc2c1. The second-order valence-corrected chi connectivity index (χ2v) is 5.78. The summed E-state index contributed by atoms with van der Waals surface area (Å²) in [7, 11) is 0. The molecule has 0 bridgehead atoms. The van der Waals surface area contributed by atoms with Gasteiger partial charge in [0, 0.05) is 5.69 Å². The van der Waals surface area contributed by atoms with Gasteiger partial charge >= 0.3 is 0 Å². The summed E-state index contributed by atoms with van der Waals surface area (Å²) in [6.45, 7) is 2.09. The van der Waals surface area contributed by atoms with Gasteiger partial charge in [0.25, 0.3) is 0 Å². The predicted molar refractivity (Wildman–Crippen MR) is 72.5 cm³/mol. The number of amides is 1. The summed E-state index contributed by atoms with van der Waals surface area (Å²) in [6, 6.07) is 12.5. The van der Waals surface area contributed by atoms with E-state index in [-0.39, 0.29) is 11.3 Å². The van der Waals surface area contributed by atoms with Crippen molar-refractivity contribution in [3.05, 3.63) is 42.0 Å². The molecule has 0 heterocycles. The van der Waals surface area contributed by atoms with Gasteiger partial charge in [-0.3, -0.25) is 4.79 Å². The van der Waals surface area contributed by atoms with E-state index in [0.717, 1.165) is 18.5 Å². The number of benzene rings is 2. The number of nitrogens with one attached hydrogen (secondary N) is 1. The average Bonchev–Trinajstić information content (AvgIpc) is 3.16. The number of fused-ring (bicyclic) bond motifs is 2. The Morgan fingerprint density at radius 3 is 2.61 bits per heavy atom. The van der Waals surface area contributed by atoms with Gasteiger partial charge in [0.05, 0.1) is 5.41 Å². The normalized spacial score (nSPS) is 27.7. The summed E-state index contributed by atoms with van der Waals surface area (Å²) >= 11 is 0. The molecule has 1 amide bonds. The highest BCUT2D eigenvalue weighted by atomic mass is 16.2. The van der Waals surface area contributed by atoms with Crippen molar-refractivity contribution >= 4 is 22.4 Å². The molecule has 0 saturated heterocycles. The van der Waals surface area contributed by atoms with E-state index < -0.39 is 0 Å². The van der Waals surface area contributed by atoms with E-state index in [2.05, 4.69) is 42.6 Å². The van der Waals surface area contributed by atoms with E-state index >= 15 is 0 Å². The molecule has 2 saturated carbocycles. The molecule has 2 aromatic carbocycles. The lowest BCUT2D eigenvalue weighted by atomic mass is 10.1. The zero-order chi connectivity index (χ0) is 12.3. The number of rotatable bonds is 2. The van der Waals surface area contributed by atoms with Gasteiger partial charge in [-0.2, -0.15) is 0 Å². The van der Waals surface area contributed by atoms with Crippen LogP contribution >= 0.6 is 0 Å². The Kier molecular flexibility index (Phi) is 1.76. The topological polar surface area (TPSA) is 29.1 Å². The van der Waals surface area contributed by atoms with Crippen molar-refractivity contribution in [1.82, 2.24) is 0 Å². The fourth-order valence-electron chi connectivity index (χ4n) is 2.77. The summed E-state index contributed by atoms with van der Waals surface area (Å²) < 4.78 is 0. The lowest BCUT2D eigenvalue weighted by molar-refractivity contribution is -0.119. The monoisotopic (exact) mass is 237 g/mol. The summed E-state index contributed by atoms with van der Waals surface area (Å²) in [5.74, 6) is 0.916. The number of hydrogen-bond donors (Lipinski definition) is 1. The van der Waals surface area contributed by atoms with Crippen molar-refractivity contribution < 1.29 is 4.79 Å². The van der Waals surface area contributed by atoms with Crippen LogP contribution in [-0.2, 0) is 4.79 Å². The summed E-state index contributed by atoms with van der Waals surface area (Å²) in [6.07, 6.45) is 2.21. The van der Waals surface area contributed by atoms with Crippen molar-refractivity contribution in [3.63, 3.8) is 0 Å². The van der Waals surface area contributed by atoms with Crippen molar-refractivity contribution in [2.45, 2.75) is 19.8 Å². The first kappa shape index (κ1) is 10.1. The van der Waals surface area contributed by atoms with Gasteiger partial charge in [0.15, 0.2) is 0 Å². The second kappa shape index (κ2) is 3.14. The highest BCUT2D eigenvalue weighted by Crippen LogP contribution is 2.75. The Balaban J connectivity index is 1.66. The van der Waals surface area contributed by atoms with Crippen LogP contribution in [0.4, 0.5) is 5.69 Å². The van der Waals surface area contributed by atoms with E-state index in [1.807, 2.05) is 6.07 Å². The Morgan fingerprint density at radius 2 is 1.89 bits per heavy atom. The molecule has 2 heteroatoms. The summed E-state index contributed by atoms with van der Waals surface area (Å²) in [4.78, 5) is 12.0. The zero-order valence-electron chi connectivity index (χ0n) is 10.4. The predicted octanol–water partition coefficient (Wildman–Crippen LogP) is 3.50. The van der Waals surface area contributed by atoms with E-state index in [1.54, 1.807) is 0 Å². The molecule has 18 heavy (non-hydrogen) atoms. The minimum Gasteiger partial charge on any atom is -0.326 e. The number of aryl methyl sites for hydroxylation is 1. The fraction of sp³-hybridized carbons (Fsp3) is 0.312. The number of carbonyl (C=O) groups excluding carboxylic acids is 1. The van der Waals surface area contributed by atoms with Gasteiger partial charge < -0.3 is 5.32 Å². The van der Waals surface area contributed by atoms with Gasteiger partial charge in [0.1, 0.15) is 0 Å². The van der Waals surface area contributed by atoms with Crippen molar-refractivity contribution in [3.8, 4) is 0 Å². The van der Waals surface area contributed by atoms with Gasteiger partial charge in [0.2, 0.25) is 5.91 Å². The minimum atomic E-state index is 0.0432. The molecular weight excluding hydrogens is 222 g/mol. The fourth-order valence-corrected chi connectivity index (χ4v) is 2.77. The lowest BCUT2D eigenvalue weighted by Crippen LogP contribution is -2.17. The molecule has 2 aliphatic carbocycles.